The van der Waals surface area contributed by atoms with E-state index in [1.807, 2.05) is 0 Å². The van der Waals surface area contributed by atoms with Gasteiger partial charge in [-0.2, -0.15) is 0 Å². The molecule has 0 bridgehead atoms. The maximum Gasteiger partial charge on any atom is 0.412 e. The van der Waals surface area contributed by atoms with Gasteiger partial charge in [0.1, 0.15) is 5.60 Å². The van der Waals surface area contributed by atoms with Gasteiger partial charge in [0.05, 0.1) is 10.6 Å². The van der Waals surface area contributed by atoms with Crippen LogP contribution in [0.2, 0.25) is 0 Å². The molecule has 1 aromatic rings. The van der Waals surface area contributed by atoms with Crippen LogP contribution in [-0.4, -0.2) is 29.3 Å². The lowest BCUT2D eigenvalue weighted by molar-refractivity contribution is -0.387. The third-order valence-corrected chi connectivity index (χ3v) is 5.64. The molecule has 0 aromatic heterocycles. The van der Waals surface area contributed by atoms with E-state index in [2.05, 4.69) is 5.32 Å². The second kappa shape index (κ2) is 8.08. The van der Waals surface area contributed by atoms with Crippen molar-refractivity contribution in [3.63, 3.8) is 0 Å². The van der Waals surface area contributed by atoms with E-state index >= 15 is 0 Å². The second-order valence-electron chi connectivity index (χ2n) is 7.35. The van der Waals surface area contributed by atoms with Gasteiger partial charge in [-0.25, -0.2) is 17.5 Å². The molecule has 2 rings (SSSR count). The molecule has 0 radical (unpaired) electrons. The normalized spacial score (nSPS) is 14.9. The zero-order chi connectivity index (χ0) is 22.0. The van der Waals surface area contributed by atoms with Gasteiger partial charge >= 0.3 is 6.09 Å². The molecule has 0 unspecified atom stereocenters. The number of hydrogen-bond donors (Lipinski definition) is 1. The van der Waals surface area contributed by atoms with E-state index in [4.69, 9.17) is 4.74 Å². The first-order chi connectivity index (χ1) is 13.3. The van der Waals surface area contributed by atoms with Crippen LogP contribution in [0.15, 0.2) is 64.5 Å². The first-order valence-electron chi connectivity index (χ1n) is 8.68. The highest BCUT2D eigenvalue weighted by atomic mass is 32.2. The highest BCUT2D eigenvalue weighted by Gasteiger charge is 2.32. The van der Waals surface area contributed by atoms with Crippen LogP contribution in [-0.2, 0) is 14.8 Å². The molecule has 1 amide bonds. The summed E-state index contributed by atoms with van der Waals surface area (Å²) in [6, 6.07) is 5.08. The van der Waals surface area contributed by atoms with Gasteiger partial charge in [-0.3, -0.25) is 15.4 Å². The third-order valence-electron chi connectivity index (χ3n) is 3.83. The van der Waals surface area contributed by atoms with Crippen molar-refractivity contribution in [3.8, 4) is 0 Å². The Bertz CT molecular complexity index is 1030. The molecule has 0 spiro atoms. The highest BCUT2D eigenvalue weighted by Crippen LogP contribution is 2.30. The van der Waals surface area contributed by atoms with Crippen LogP contribution >= 0.6 is 0 Å². The van der Waals surface area contributed by atoms with Crippen LogP contribution in [0.4, 0.5) is 10.5 Å². The van der Waals surface area contributed by atoms with Gasteiger partial charge in [-0.15, -0.1) is 0 Å². The van der Waals surface area contributed by atoms with Crippen LogP contribution in [0.3, 0.4) is 0 Å². The summed E-state index contributed by atoms with van der Waals surface area (Å²) in [6.07, 6.45) is 3.63. The fraction of sp³-hybridized carbons (Fsp3) is 0.316. The Morgan fingerprint density at radius 1 is 1.17 bits per heavy atom. The van der Waals surface area contributed by atoms with E-state index in [0.29, 0.717) is 11.3 Å². The lowest BCUT2D eigenvalue weighted by Gasteiger charge is -2.23. The number of ether oxygens (including phenoxy) is 1. The molecule has 0 atom stereocenters. The second-order valence-corrected chi connectivity index (χ2v) is 9.14. The molecule has 1 aliphatic heterocycles. The maximum absolute atomic E-state index is 13.2. The summed E-state index contributed by atoms with van der Waals surface area (Å²) in [5, 5.41) is 13.8. The van der Waals surface area contributed by atoms with Gasteiger partial charge in [0.2, 0.25) is 0 Å². The summed E-state index contributed by atoms with van der Waals surface area (Å²) in [4.78, 5) is 22.3. The quantitative estimate of drug-likeness (QED) is 0.583. The Labute approximate surface area is 169 Å². The van der Waals surface area contributed by atoms with Gasteiger partial charge in [-0.05, 0) is 52.3 Å². The van der Waals surface area contributed by atoms with Gasteiger partial charge in [-0.1, -0.05) is 18.2 Å². The minimum Gasteiger partial charge on any atom is -0.444 e. The Hall–Kier alpha value is -3.14. The van der Waals surface area contributed by atoms with Crippen LogP contribution in [0.5, 0.6) is 0 Å². The number of allylic oxidation sites excluding steroid dienone is 4. The fourth-order valence-electron chi connectivity index (χ4n) is 2.47. The predicted molar refractivity (Wildman–Crippen MR) is 107 cm³/mol. The third kappa shape index (κ3) is 5.23. The molecular weight excluding hydrogens is 398 g/mol. The minimum atomic E-state index is -4.32. The van der Waals surface area contributed by atoms with Gasteiger partial charge in [0, 0.05) is 18.0 Å². The summed E-state index contributed by atoms with van der Waals surface area (Å²) in [6.45, 7) is 8.34. The lowest BCUT2D eigenvalue weighted by atomic mass is 10.2. The first-order valence-corrected chi connectivity index (χ1v) is 10.1. The molecule has 1 heterocycles. The van der Waals surface area contributed by atoms with Gasteiger partial charge < -0.3 is 4.74 Å². The van der Waals surface area contributed by atoms with Crippen LogP contribution < -0.4 is 5.32 Å². The Balaban J connectivity index is 2.51. The Morgan fingerprint density at radius 2 is 1.79 bits per heavy atom. The number of carbonyl (C=O) groups is 1. The number of para-hydroxylation sites is 1. The van der Waals surface area contributed by atoms with Gasteiger partial charge in [0.15, 0.2) is 4.90 Å². The molecule has 1 aromatic carbocycles. The highest BCUT2D eigenvalue weighted by molar-refractivity contribution is 7.89. The monoisotopic (exact) mass is 421 g/mol. The Morgan fingerprint density at radius 3 is 2.38 bits per heavy atom. The Kier molecular flexibility index (Phi) is 6.17. The number of alkyl carbamates (subject to hydrolysis) is 1. The number of nitro groups is 1. The number of amides is 1. The minimum absolute atomic E-state index is 0.189. The number of nitro benzene ring substituents is 1. The molecule has 10 heteroatoms. The molecule has 0 saturated carbocycles. The molecule has 9 nitrogen and oxygen atoms in total. The average Bonchev–Trinajstić information content (AvgIpc) is 2.74. The van der Waals surface area contributed by atoms with E-state index in [1.165, 1.54) is 24.4 Å². The summed E-state index contributed by atoms with van der Waals surface area (Å²) in [5.74, 6) is 0. The standard InChI is InChI=1S/C19H23N3O6S/c1-13-10-11-14(2)21(12-15(13)20-18(23)28-19(3,4)5)29(26,27)17-9-7-6-8-16(17)22(24)25/h6-12H,1-5H3,(H,20,23). The van der Waals surface area contributed by atoms with Gasteiger partial charge in [0.25, 0.3) is 15.7 Å². The molecule has 156 valence electrons. The van der Waals surface area contributed by atoms with Crippen molar-refractivity contribution in [3.05, 3.63) is 69.7 Å². The van der Waals surface area contributed by atoms with Crippen LogP contribution in [0.1, 0.15) is 34.6 Å². The van der Waals surface area contributed by atoms with Crippen molar-refractivity contribution < 1.29 is 22.9 Å². The zero-order valence-electron chi connectivity index (χ0n) is 16.8. The molecule has 1 N–H and O–H groups in total. The van der Waals surface area contributed by atoms with E-state index in [-0.39, 0.29) is 5.70 Å². The molecule has 29 heavy (non-hydrogen) atoms. The topological polar surface area (TPSA) is 119 Å². The zero-order valence-corrected chi connectivity index (χ0v) is 17.6. The summed E-state index contributed by atoms with van der Waals surface area (Å²) in [7, 11) is -4.32. The lowest BCUT2D eigenvalue weighted by Crippen LogP contribution is -2.33. The van der Waals surface area contributed by atoms with Crippen molar-refractivity contribution in [2.45, 2.75) is 45.1 Å². The summed E-state index contributed by atoms with van der Waals surface area (Å²) < 4.78 is 32.5. The van der Waals surface area contributed by atoms with E-state index in [1.54, 1.807) is 46.8 Å². The molecule has 1 aliphatic rings. The number of carbonyl (C=O) groups excluding carboxylic acids is 1. The van der Waals surface area contributed by atoms with Crippen molar-refractivity contribution in [1.29, 1.82) is 0 Å². The molecule has 0 fully saturated rings. The number of nitrogens with one attached hydrogen (secondary N) is 1. The number of hydrogen-bond acceptors (Lipinski definition) is 6. The van der Waals surface area contributed by atoms with E-state index in [0.717, 1.165) is 10.4 Å². The van der Waals surface area contributed by atoms with Crippen molar-refractivity contribution in [1.82, 2.24) is 9.62 Å². The number of sulfonamides is 1. The first kappa shape index (κ1) is 22.2. The SMILES string of the molecule is CC1=CC=C(C)N(S(=O)(=O)c2ccccc2[N+](=O)[O-])C=C1NC(=O)OC(C)(C)C. The average molecular weight is 421 g/mol. The number of rotatable bonds is 4. The fourth-order valence-corrected chi connectivity index (χ4v) is 4.02. The van der Waals surface area contributed by atoms with Crippen molar-refractivity contribution in [2.24, 2.45) is 0 Å². The number of nitrogens with zero attached hydrogens (tertiary/aromatic N) is 2. The van der Waals surface area contributed by atoms with Crippen molar-refractivity contribution >= 4 is 21.8 Å². The smallest absolute Gasteiger partial charge is 0.412 e. The maximum atomic E-state index is 13.2. The molecule has 0 saturated heterocycles. The molecule has 0 aliphatic carbocycles. The van der Waals surface area contributed by atoms with Crippen molar-refractivity contribution in [2.75, 3.05) is 0 Å². The van der Waals surface area contributed by atoms with Crippen LogP contribution in [0, 0.1) is 10.1 Å². The predicted octanol–water partition coefficient (Wildman–Crippen LogP) is 3.82. The summed E-state index contributed by atoms with van der Waals surface area (Å²) >= 11 is 0. The largest absolute Gasteiger partial charge is 0.444 e. The summed E-state index contributed by atoms with van der Waals surface area (Å²) in [5.41, 5.74) is -0.213. The number of benzene rings is 1. The van der Waals surface area contributed by atoms with E-state index in [9.17, 15) is 23.3 Å². The van der Waals surface area contributed by atoms with E-state index < -0.39 is 37.2 Å². The molecular formula is C19H23N3O6S. The van der Waals surface area contributed by atoms with Crippen LogP contribution in [0.25, 0.3) is 0 Å².